The van der Waals surface area contributed by atoms with Crippen molar-refractivity contribution in [1.29, 1.82) is 0 Å². The van der Waals surface area contributed by atoms with E-state index in [1.807, 2.05) is 0 Å². The first-order chi connectivity index (χ1) is 13.7. The molecule has 2 aromatic carbocycles. The number of rotatable bonds is 5. The van der Waals surface area contributed by atoms with Gasteiger partial charge < -0.3 is 4.57 Å². The van der Waals surface area contributed by atoms with E-state index in [0.29, 0.717) is 5.52 Å². The summed E-state index contributed by atoms with van der Waals surface area (Å²) in [6.45, 7) is 6.80. The van der Waals surface area contributed by atoms with E-state index in [-0.39, 0.29) is 5.82 Å². The molecule has 0 N–H and O–H groups in total. The van der Waals surface area contributed by atoms with Crippen molar-refractivity contribution in [1.82, 2.24) is 19.4 Å². The quantitative estimate of drug-likeness (QED) is 0.673. The van der Waals surface area contributed by atoms with E-state index < -0.39 is 0 Å². The summed E-state index contributed by atoms with van der Waals surface area (Å²) in [5.41, 5.74) is 4.29. The van der Waals surface area contributed by atoms with Crippen molar-refractivity contribution in [2.75, 3.05) is 26.2 Å². The lowest BCUT2D eigenvalue weighted by atomic mass is 10.1. The second-order valence-electron chi connectivity index (χ2n) is 8.24. The van der Waals surface area contributed by atoms with Gasteiger partial charge in [-0.2, -0.15) is 0 Å². The van der Waals surface area contributed by atoms with Crippen molar-refractivity contribution in [3.8, 4) is 0 Å². The summed E-state index contributed by atoms with van der Waals surface area (Å²) in [6.07, 6.45) is 5.85. The fraction of sp³-hybridized carbons (Fsp3) is 0.435. The Balaban J connectivity index is 1.21. The minimum absolute atomic E-state index is 0.240. The summed E-state index contributed by atoms with van der Waals surface area (Å²) in [6, 6.07) is 14.5. The van der Waals surface area contributed by atoms with Gasteiger partial charge in [0.2, 0.25) is 0 Å². The van der Waals surface area contributed by atoms with E-state index in [1.54, 1.807) is 12.4 Å². The molecular weight excluding hydrogens is 351 g/mol. The molecule has 146 valence electrons. The van der Waals surface area contributed by atoms with Gasteiger partial charge in [0.1, 0.15) is 5.82 Å². The number of hydrogen-bond donors (Lipinski definition) is 0. The largest absolute Gasteiger partial charge is 0.326 e. The zero-order valence-electron chi connectivity index (χ0n) is 16.2. The van der Waals surface area contributed by atoms with Crippen molar-refractivity contribution in [2.24, 2.45) is 0 Å². The van der Waals surface area contributed by atoms with Crippen molar-refractivity contribution >= 4 is 11.0 Å². The first kappa shape index (κ1) is 17.8. The molecule has 2 aliphatic heterocycles. The average molecular weight is 378 g/mol. The molecule has 5 heteroatoms. The van der Waals surface area contributed by atoms with Crippen molar-refractivity contribution in [3.63, 3.8) is 0 Å². The molecule has 5 rings (SSSR count). The highest BCUT2D eigenvalue weighted by atomic mass is 19.1. The maximum absolute atomic E-state index is 13.3. The second-order valence-corrected chi connectivity index (χ2v) is 8.24. The number of hydrogen-bond acceptors (Lipinski definition) is 3. The maximum atomic E-state index is 13.3. The normalized spacial score (nSPS) is 21.1. The third-order valence-electron chi connectivity index (χ3n) is 6.27. The molecule has 0 aliphatic carbocycles. The molecule has 0 spiro atoms. The summed E-state index contributed by atoms with van der Waals surface area (Å²) >= 11 is 0. The third-order valence-corrected chi connectivity index (χ3v) is 6.27. The Morgan fingerprint density at radius 3 is 2.46 bits per heavy atom. The zero-order valence-corrected chi connectivity index (χ0v) is 16.2. The molecule has 1 atom stereocenters. The molecule has 0 amide bonds. The highest BCUT2D eigenvalue weighted by molar-refractivity contribution is 5.75. The van der Waals surface area contributed by atoms with E-state index in [1.165, 1.54) is 68.7 Å². The third kappa shape index (κ3) is 3.69. The first-order valence-corrected chi connectivity index (χ1v) is 10.4. The molecule has 0 bridgehead atoms. The van der Waals surface area contributed by atoms with Crippen LogP contribution in [0.15, 0.2) is 48.8 Å². The van der Waals surface area contributed by atoms with Crippen LogP contribution in [-0.4, -0.2) is 51.6 Å². The maximum Gasteiger partial charge on any atom is 0.125 e. The van der Waals surface area contributed by atoms with E-state index in [2.05, 4.69) is 43.6 Å². The Hall–Kier alpha value is -2.24. The predicted octanol–water partition coefficient (Wildman–Crippen LogP) is 3.89. The number of likely N-dealkylation sites (tertiary alicyclic amines) is 2. The van der Waals surface area contributed by atoms with Crippen molar-refractivity contribution in [3.05, 3.63) is 65.7 Å². The topological polar surface area (TPSA) is 24.3 Å². The van der Waals surface area contributed by atoms with Gasteiger partial charge in [-0.3, -0.25) is 9.80 Å². The average Bonchev–Trinajstić information content (AvgIpc) is 3.44. The minimum atomic E-state index is -0.240. The summed E-state index contributed by atoms with van der Waals surface area (Å²) in [5, 5.41) is 0. The lowest BCUT2D eigenvalue weighted by molar-refractivity contribution is 0.230. The fourth-order valence-corrected chi connectivity index (χ4v) is 4.73. The SMILES string of the molecule is Fc1ccc2c(c1)ncn2Cc1ccc(CN2CC[C@H](N3CCCC3)C2)cc1. The van der Waals surface area contributed by atoms with Gasteiger partial charge in [0.25, 0.3) is 0 Å². The van der Waals surface area contributed by atoms with E-state index in [9.17, 15) is 4.39 Å². The molecule has 0 radical (unpaired) electrons. The minimum Gasteiger partial charge on any atom is -0.326 e. The molecule has 0 saturated carbocycles. The Morgan fingerprint density at radius 2 is 1.68 bits per heavy atom. The highest BCUT2D eigenvalue weighted by Gasteiger charge is 2.28. The first-order valence-electron chi connectivity index (χ1n) is 10.4. The Morgan fingerprint density at radius 1 is 0.929 bits per heavy atom. The Kier molecular flexibility index (Phi) is 4.87. The van der Waals surface area contributed by atoms with Crippen LogP contribution in [0.1, 0.15) is 30.4 Å². The van der Waals surface area contributed by atoms with Crippen LogP contribution >= 0.6 is 0 Å². The van der Waals surface area contributed by atoms with Crippen LogP contribution in [-0.2, 0) is 13.1 Å². The van der Waals surface area contributed by atoms with Crippen LogP contribution in [0.3, 0.4) is 0 Å². The molecule has 2 saturated heterocycles. The smallest absolute Gasteiger partial charge is 0.125 e. The molecule has 28 heavy (non-hydrogen) atoms. The van der Waals surface area contributed by atoms with Gasteiger partial charge >= 0.3 is 0 Å². The second kappa shape index (κ2) is 7.64. The van der Waals surface area contributed by atoms with E-state index in [0.717, 1.165) is 24.6 Å². The number of fused-ring (bicyclic) bond motifs is 1. The van der Waals surface area contributed by atoms with Gasteiger partial charge in [0.05, 0.1) is 17.4 Å². The van der Waals surface area contributed by atoms with Gasteiger partial charge in [-0.1, -0.05) is 24.3 Å². The van der Waals surface area contributed by atoms with Crippen LogP contribution in [0.2, 0.25) is 0 Å². The van der Waals surface area contributed by atoms with Gasteiger partial charge in [-0.25, -0.2) is 9.37 Å². The van der Waals surface area contributed by atoms with E-state index in [4.69, 9.17) is 0 Å². The zero-order chi connectivity index (χ0) is 18.9. The lowest BCUT2D eigenvalue weighted by Crippen LogP contribution is -2.35. The Bertz CT molecular complexity index is 943. The van der Waals surface area contributed by atoms with Gasteiger partial charge in [0, 0.05) is 38.3 Å². The molecule has 0 unspecified atom stereocenters. The lowest BCUT2D eigenvalue weighted by Gasteiger charge is -2.23. The molecule has 3 heterocycles. The van der Waals surface area contributed by atoms with Crippen LogP contribution in [0.5, 0.6) is 0 Å². The number of benzene rings is 2. The monoisotopic (exact) mass is 378 g/mol. The summed E-state index contributed by atoms with van der Waals surface area (Å²) in [7, 11) is 0. The van der Waals surface area contributed by atoms with Crippen LogP contribution < -0.4 is 0 Å². The summed E-state index contributed by atoms with van der Waals surface area (Å²) in [4.78, 5) is 9.59. The molecule has 2 fully saturated rings. The van der Waals surface area contributed by atoms with Crippen molar-refractivity contribution < 1.29 is 4.39 Å². The summed E-state index contributed by atoms with van der Waals surface area (Å²) in [5.74, 6) is -0.240. The Labute approximate surface area is 165 Å². The standard InChI is InChI=1S/C23H27FN4/c24-20-7-8-23-22(13-20)25-17-28(23)15-19-5-3-18(4-6-19)14-26-12-9-21(16-26)27-10-1-2-11-27/h3-8,13,17,21H,1-2,9-12,14-16H2/t21-/m0/s1. The number of aromatic nitrogens is 2. The van der Waals surface area contributed by atoms with Gasteiger partial charge in [-0.05, 0) is 55.6 Å². The van der Waals surface area contributed by atoms with Crippen molar-refractivity contribution in [2.45, 2.75) is 38.4 Å². The highest BCUT2D eigenvalue weighted by Crippen LogP contribution is 2.22. The number of halogens is 1. The molecular formula is C23H27FN4. The van der Waals surface area contributed by atoms with Crippen LogP contribution in [0.25, 0.3) is 11.0 Å². The molecule has 1 aromatic heterocycles. The van der Waals surface area contributed by atoms with Gasteiger partial charge in [0.15, 0.2) is 0 Å². The van der Waals surface area contributed by atoms with Gasteiger partial charge in [-0.15, -0.1) is 0 Å². The van der Waals surface area contributed by atoms with Crippen LogP contribution in [0.4, 0.5) is 4.39 Å². The fourth-order valence-electron chi connectivity index (χ4n) is 4.73. The molecule has 4 nitrogen and oxygen atoms in total. The molecule has 2 aliphatic rings. The molecule has 3 aromatic rings. The number of nitrogens with zero attached hydrogens (tertiary/aromatic N) is 4. The van der Waals surface area contributed by atoms with E-state index >= 15 is 0 Å². The van der Waals surface area contributed by atoms with Crippen LogP contribution in [0, 0.1) is 5.82 Å². The summed E-state index contributed by atoms with van der Waals surface area (Å²) < 4.78 is 15.4. The number of imidazole rings is 1. The predicted molar refractivity (Wildman–Crippen MR) is 110 cm³/mol.